The summed E-state index contributed by atoms with van der Waals surface area (Å²) in [4.78, 5) is 12.6. The van der Waals surface area contributed by atoms with Crippen molar-refractivity contribution in [2.75, 3.05) is 6.61 Å². The second kappa shape index (κ2) is 49.5. The lowest BCUT2D eigenvalue weighted by atomic mass is 10.00. The summed E-state index contributed by atoms with van der Waals surface area (Å²) in [5, 5.41) is 43.8. The topological polar surface area (TPSA) is 110 Å². The average Bonchev–Trinajstić information content (AvgIpc) is 3.26. The molecular formula is C55H105NO5. The smallest absolute Gasteiger partial charge is 0.249 e. The van der Waals surface area contributed by atoms with Gasteiger partial charge in [-0.25, -0.2) is 0 Å². The first-order valence-corrected chi connectivity index (χ1v) is 26.9. The van der Waals surface area contributed by atoms with E-state index in [0.29, 0.717) is 19.3 Å². The number of aliphatic hydroxyl groups is 4. The monoisotopic (exact) mass is 860 g/mol. The normalized spacial score (nSPS) is 14.1. The minimum atomic E-state index is -1.29. The second-order valence-corrected chi connectivity index (χ2v) is 18.6. The maximum atomic E-state index is 12.6. The van der Waals surface area contributed by atoms with Gasteiger partial charge >= 0.3 is 0 Å². The lowest BCUT2D eigenvalue weighted by molar-refractivity contribution is -0.132. The molecule has 6 heteroatoms. The zero-order valence-corrected chi connectivity index (χ0v) is 40.7. The van der Waals surface area contributed by atoms with Crippen molar-refractivity contribution in [3.8, 4) is 0 Å². The Kier molecular flexibility index (Phi) is 48.3. The molecule has 0 aliphatic rings. The molecule has 0 saturated carbocycles. The summed E-state index contributed by atoms with van der Waals surface area (Å²) in [6, 6.07) is -1.01. The molecule has 360 valence electrons. The maximum absolute atomic E-state index is 12.6. The summed E-state index contributed by atoms with van der Waals surface area (Å²) >= 11 is 0. The molecule has 0 rings (SSSR count). The molecule has 0 aliphatic heterocycles. The molecule has 61 heavy (non-hydrogen) atoms. The lowest BCUT2D eigenvalue weighted by Crippen LogP contribution is -2.53. The zero-order chi connectivity index (χ0) is 44.5. The van der Waals surface area contributed by atoms with Crippen molar-refractivity contribution in [3.05, 3.63) is 36.5 Å². The van der Waals surface area contributed by atoms with Crippen molar-refractivity contribution in [1.29, 1.82) is 0 Å². The molecule has 0 radical (unpaired) electrons. The van der Waals surface area contributed by atoms with Crippen LogP contribution in [0.3, 0.4) is 0 Å². The molecule has 5 N–H and O–H groups in total. The number of hydrogen-bond donors (Lipinski definition) is 5. The summed E-state index contributed by atoms with van der Waals surface area (Å²) in [5.74, 6) is -0.596. The van der Waals surface area contributed by atoms with Gasteiger partial charge in [0.2, 0.25) is 5.91 Å². The van der Waals surface area contributed by atoms with Crippen molar-refractivity contribution >= 4 is 5.91 Å². The van der Waals surface area contributed by atoms with Gasteiger partial charge in [0.1, 0.15) is 12.2 Å². The van der Waals surface area contributed by atoms with Crippen LogP contribution in [0.5, 0.6) is 0 Å². The zero-order valence-electron chi connectivity index (χ0n) is 40.7. The van der Waals surface area contributed by atoms with Gasteiger partial charge in [-0.3, -0.25) is 4.79 Å². The number of carbonyl (C=O) groups is 1. The Morgan fingerprint density at radius 1 is 0.393 bits per heavy atom. The highest BCUT2D eigenvalue weighted by atomic mass is 16.3. The predicted octanol–water partition coefficient (Wildman–Crippen LogP) is 15.2. The van der Waals surface area contributed by atoms with Gasteiger partial charge in [-0.05, 0) is 77.0 Å². The summed E-state index contributed by atoms with van der Waals surface area (Å²) in [6.45, 7) is 4.05. The number of aliphatic hydroxyl groups excluding tert-OH is 4. The van der Waals surface area contributed by atoms with E-state index in [1.807, 2.05) is 0 Å². The van der Waals surface area contributed by atoms with Crippen molar-refractivity contribution in [3.63, 3.8) is 0 Å². The first kappa shape index (κ1) is 59.5. The number of nitrogens with one attached hydrogen (secondary N) is 1. The van der Waals surface area contributed by atoms with Crippen LogP contribution in [0.25, 0.3) is 0 Å². The molecular weight excluding hydrogens is 755 g/mol. The van der Waals surface area contributed by atoms with E-state index in [1.54, 1.807) is 0 Å². The van der Waals surface area contributed by atoms with E-state index in [-0.39, 0.29) is 0 Å². The fraction of sp³-hybridized carbons (Fsp3) is 0.873. The highest BCUT2D eigenvalue weighted by Crippen LogP contribution is 2.16. The predicted molar refractivity (Wildman–Crippen MR) is 265 cm³/mol. The van der Waals surface area contributed by atoms with E-state index in [2.05, 4.69) is 55.6 Å². The fourth-order valence-electron chi connectivity index (χ4n) is 8.30. The standard InChI is InChI=1S/C55H105NO5/c1-3-5-7-9-11-13-15-17-19-21-22-23-24-25-26-27-28-29-30-31-33-35-37-39-41-43-45-47-49-53(59)55(61)56-51(50-57)54(60)52(58)48-46-44-42-40-38-36-34-32-20-18-16-14-12-10-8-6-4-2/h25-26,32,34,40,42,51-54,57-60H,3-24,27-31,33,35-39,41,43-50H2,1-2H3,(H,56,61)/b26-25-,34-32+,42-40+. The summed E-state index contributed by atoms with van der Waals surface area (Å²) in [7, 11) is 0. The summed E-state index contributed by atoms with van der Waals surface area (Å²) < 4.78 is 0. The van der Waals surface area contributed by atoms with Crippen LogP contribution >= 0.6 is 0 Å². The molecule has 0 saturated heterocycles. The van der Waals surface area contributed by atoms with Gasteiger partial charge in [-0.15, -0.1) is 0 Å². The highest BCUT2D eigenvalue weighted by molar-refractivity contribution is 5.80. The Labute approximate surface area is 379 Å². The van der Waals surface area contributed by atoms with Crippen LogP contribution in [0.2, 0.25) is 0 Å². The van der Waals surface area contributed by atoms with Gasteiger partial charge in [0.05, 0.1) is 18.8 Å². The van der Waals surface area contributed by atoms with Crippen molar-refractivity contribution in [2.45, 2.75) is 301 Å². The Morgan fingerprint density at radius 3 is 1.03 bits per heavy atom. The molecule has 0 spiro atoms. The molecule has 0 aromatic rings. The third-order valence-electron chi connectivity index (χ3n) is 12.6. The van der Waals surface area contributed by atoms with E-state index < -0.39 is 36.9 Å². The number of amides is 1. The van der Waals surface area contributed by atoms with Crippen LogP contribution in [0.15, 0.2) is 36.5 Å². The van der Waals surface area contributed by atoms with Gasteiger partial charge in [0.25, 0.3) is 0 Å². The minimum Gasteiger partial charge on any atom is -0.394 e. The Bertz CT molecular complexity index is 966. The third-order valence-corrected chi connectivity index (χ3v) is 12.6. The van der Waals surface area contributed by atoms with Crippen LogP contribution in [-0.2, 0) is 4.79 Å². The molecule has 0 aromatic heterocycles. The minimum absolute atomic E-state index is 0.360. The van der Waals surface area contributed by atoms with Crippen molar-refractivity contribution < 1.29 is 25.2 Å². The Morgan fingerprint density at radius 2 is 0.689 bits per heavy atom. The van der Waals surface area contributed by atoms with Gasteiger partial charge < -0.3 is 25.7 Å². The maximum Gasteiger partial charge on any atom is 0.249 e. The Hall–Kier alpha value is -1.47. The Balaban J connectivity index is 3.66. The molecule has 0 aromatic carbocycles. The van der Waals surface area contributed by atoms with Crippen LogP contribution in [-0.4, -0.2) is 57.3 Å². The van der Waals surface area contributed by atoms with Gasteiger partial charge in [0.15, 0.2) is 0 Å². The molecule has 0 fully saturated rings. The average molecular weight is 860 g/mol. The van der Waals surface area contributed by atoms with Crippen LogP contribution in [0, 0.1) is 0 Å². The first-order chi connectivity index (χ1) is 30.0. The molecule has 6 nitrogen and oxygen atoms in total. The van der Waals surface area contributed by atoms with E-state index in [4.69, 9.17) is 0 Å². The SMILES string of the molecule is CCCCCCCCCC/C=C/CC/C=C/CCCC(O)C(O)C(CO)NC(=O)C(O)CCCCCCCCCCCCCC/C=C\CCCCCCCCCCCCCC. The van der Waals surface area contributed by atoms with E-state index in [1.165, 1.54) is 205 Å². The fourth-order valence-corrected chi connectivity index (χ4v) is 8.30. The number of rotatable bonds is 49. The van der Waals surface area contributed by atoms with Crippen molar-refractivity contribution in [1.82, 2.24) is 5.32 Å². The van der Waals surface area contributed by atoms with Crippen molar-refractivity contribution in [2.24, 2.45) is 0 Å². The number of hydrogen-bond acceptors (Lipinski definition) is 5. The van der Waals surface area contributed by atoms with Gasteiger partial charge in [-0.1, -0.05) is 237 Å². The molecule has 4 unspecified atom stereocenters. The van der Waals surface area contributed by atoms with E-state index >= 15 is 0 Å². The molecule has 0 aliphatic carbocycles. The third kappa shape index (κ3) is 43.6. The van der Waals surface area contributed by atoms with E-state index in [0.717, 1.165) is 38.5 Å². The lowest BCUT2D eigenvalue weighted by Gasteiger charge is -2.27. The summed E-state index contributed by atoms with van der Waals surface area (Å²) in [5.41, 5.74) is 0. The quantitative estimate of drug-likeness (QED) is 0.0309. The van der Waals surface area contributed by atoms with Crippen LogP contribution < -0.4 is 5.32 Å². The highest BCUT2D eigenvalue weighted by Gasteiger charge is 2.28. The number of unbranched alkanes of at least 4 members (excludes halogenated alkanes) is 34. The molecule has 1 amide bonds. The first-order valence-electron chi connectivity index (χ1n) is 26.9. The van der Waals surface area contributed by atoms with Crippen LogP contribution in [0.1, 0.15) is 277 Å². The molecule has 0 bridgehead atoms. The van der Waals surface area contributed by atoms with Gasteiger partial charge in [-0.2, -0.15) is 0 Å². The van der Waals surface area contributed by atoms with E-state index in [9.17, 15) is 25.2 Å². The van der Waals surface area contributed by atoms with Crippen LogP contribution in [0.4, 0.5) is 0 Å². The molecule has 4 atom stereocenters. The molecule has 0 heterocycles. The number of allylic oxidation sites excluding steroid dienone is 6. The van der Waals surface area contributed by atoms with Gasteiger partial charge in [0, 0.05) is 0 Å². The summed E-state index contributed by atoms with van der Waals surface area (Å²) in [6.07, 6.45) is 60.6. The number of carbonyl (C=O) groups excluding carboxylic acids is 1. The largest absolute Gasteiger partial charge is 0.394 e. The second-order valence-electron chi connectivity index (χ2n) is 18.6.